The van der Waals surface area contributed by atoms with Crippen LogP contribution in [0.5, 0.6) is 11.5 Å². The Morgan fingerprint density at radius 3 is 2.68 bits per heavy atom. The van der Waals surface area contributed by atoms with E-state index in [2.05, 4.69) is 51.1 Å². The zero-order valence-corrected chi connectivity index (χ0v) is 18.2. The van der Waals surface area contributed by atoms with E-state index in [1.165, 1.54) is 22.0 Å². The SMILES string of the molecule is CN=C(NCCc1ccc2c(c1)OCO2)NCCc1c[nH]c2ccccc12.I. The molecule has 148 valence electrons. The molecule has 0 saturated carbocycles. The Bertz CT molecular complexity index is 954. The van der Waals surface area contributed by atoms with Gasteiger partial charge in [0.05, 0.1) is 0 Å². The van der Waals surface area contributed by atoms with Crippen LogP contribution in [0.4, 0.5) is 0 Å². The number of aromatic nitrogens is 1. The summed E-state index contributed by atoms with van der Waals surface area (Å²) in [7, 11) is 1.79. The summed E-state index contributed by atoms with van der Waals surface area (Å²) in [5.74, 6) is 2.46. The fraction of sp³-hybridized carbons (Fsp3) is 0.286. The smallest absolute Gasteiger partial charge is 0.231 e. The zero-order chi connectivity index (χ0) is 18.5. The number of aliphatic imine (C=N–C) groups is 1. The molecule has 28 heavy (non-hydrogen) atoms. The van der Waals surface area contributed by atoms with Crippen LogP contribution in [0, 0.1) is 0 Å². The Hall–Kier alpha value is -2.42. The van der Waals surface area contributed by atoms with Gasteiger partial charge in [0.1, 0.15) is 0 Å². The normalized spacial score (nSPS) is 12.7. The third-order valence-electron chi connectivity index (χ3n) is 4.73. The van der Waals surface area contributed by atoms with Crippen molar-refractivity contribution in [2.75, 3.05) is 26.9 Å². The molecular weight excluding hydrogens is 467 g/mol. The highest BCUT2D eigenvalue weighted by atomic mass is 127. The number of aromatic amines is 1. The van der Waals surface area contributed by atoms with Gasteiger partial charge in [-0.05, 0) is 42.2 Å². The van der Waals surface area contributed by atoms with E-state index in [0.29, 0.717) is 6.79 Å². The van der Waals surface area contributed by atoms with Crippen molar-refractivity contribution in [1.82, 2.24) is 15.6 Å². The van der Waals surface area contributed by atoms with Crippen LogP contribution in [0.1, 0.15) is 11.1 Å². The molecule has 2 heterocycles. The molecule has 1 aliphatic heterocycles. The van der Waals surface area contributed by atoms with Gasteiger partial charge in [0.15, 0.2) is 17.5 Å². The fourth-order valence-electron chi connectivity index (χ4n) is 3.30. The molecule has 1 aliphatic rings. The first-order valence-electron chi connectivity index (χ1n) is 9.21. The third-order valence-corrected chi connectivity index (χ3v) is 4.73. The van der Waals surface area contributed by atoms with Gasteiger partial charge < -0.3 is 25.1 Å². The molecule has 0 spiro atoms. The van der Waals surface area contributed by atoms with Crippen molar-refractivity contribution in [3.8, 4) is 11.5 Å². The highest BCUT2D eigenvalue weighted by Crippen LogP contribution is 2.32. The van der Waals surface area contributed by atoms with Crippen LogP contribution >= 0.6 is 24.0 Å². The average Bonchev–Trinajstić information content (AvgIpc) is 3.33. The number of benzene rings is 2. The fourth-order valence-corrected chi connectivity index (χ4v) is 3.30. The van der Waals surface area contributed by atoms with E-state index in [1.807, 2.05) is 18.2 Å². The van der Waals surface area contributed by atoms with Gasteiger partial charge in [-0.2, -0.15) is 0 Å². The first kappa shape index (κ1) is 20.3. The lowest BCUT2D eigenvalue weighted by Gasteiger charge is -2.12. The average molecular weight is 492 g/mol. The maximum atomic E-state index is 5.43. The van der Waals surface area contributed by atoms with Gasteiger partial charge in [-0.25, -0.2) is 0 Å². The second-order valence-electron chi connectivity index (χ2n) is 6.47. The number of rotatable bonds is 6. The summed E-state index contributed by atoms with van der Waals surface area (Å²) in [4.78, 5) is 7.62. The number of halogens is 1. The summed E-state index contributed by atoms with van der Waals surface area (Å²) in [6.45, 7) is 1.93. The first-order valence-corrected chi connectivity index (χ1v) is 9.21. The van der Waals surface area contributed by atoms with Crippen LogP contribution in [0.3, 0.4) is 0 Å². The van der Waals surface area contributed by atoms with Gasteiger partial charge in [0.2, 0.25) is 6.79 Å². The van der Waals surface area contributed by atoms with Crippen molar-refractivity contribution in [3.05, 3.63) is 59.8 Å². The van der Waals surface area contributed by atoms with Gasteiger partial charge in [-0.15, -0.1) is 24.0 Å². The van der Waals surface area contributed by atoms with Crippen molar-refractivity contribution >= 4 is 40.8 Å². The molecule has 3 aromatic rings. The number of ether oxygens (including phenoxy) is 2. The topological polar surface area (TPSA) is 70.7 Å². The number of nitrogens with one attached hydrogen (secondary N) is 3. The van der Waals surface area contributed by atoms with E-state index in [-0.39, 0.29) is 24.0 Å². The minimum atomic E-state index is 0. The Morgan fingerprint density at radius 1 is 1.04 bits per heavy atom. The Labute approximate surface area is 181 Å². The van der Waals surface area contributed by atoms with E-state index in [0.717, 1.165) is 43.4 Å². The summed E-state index contributed by atoms with van der Waals surface area (Å²) < 4.78 is 10.8. The molecule has 0 atom stereocenters. The maximum absolute atomic E-state index is 5.43. The highest BCUT2D eigenvalue weighted by Gasteiger charge is 2.13. The standard InChI is InChI=1S/C21H24N4O2.HI/c1-22-21(23-10-8-15-6-7-19-20(12-15)27-14-26-19)24-11-9-16-13-25-18-5-3-2-4-17(16)18;/h2-7,12-13,25H,8-11,14H2,1H3,(H2,22,23,24);1H. The predicted molar refractivity (Wildman–Crippen MR) is 123 cm³/mol. The molecule has 0 fully saturated rings. The van der Waals surface area contributed by atoms with Crippen LogP contribution in [-0.2, 0) is 12.8 Å². The van der Waals surface area contributed by atoms with Crippen molar-refractivity contribution in [1.29, 1.82) is 0 Å². The summed E-state index contributed by atoms with van der Waals surface area (Å²) in [5, 5.41) is 8.02. The second kappa shape index (κ2) is 9.68. The van der Waals surface area contributed by atoms with Gasteiger partial charge in [0, 0.05) is 37.2 Å². The molecule has 0 aliphatic carbocycles. The predicted octanol–water partition coefficient (Wildman–Crippen LogP) is 3.46. The van der Waals surface area contributed by atoms with Crippen molar-refractivity contribution < 1.29 is 9.47 Å². The summed E-state index contributed by atoms with van der Waals surface area (Å²) >= 11 is 0. The molecule has 7 heteroatoms. The van der Waals surface area contributed by atoms with Gasteiger partial charge >= 0.3 is 0 Å². The van der Waals surface area contributed by atoms with Crippen LogP contribution < -0.4 is 20.1 Å². The molecule has 4 rings (SSSR count). The van der Waals surface area contributed by atoms with Crippen LogP contribution in [0.15, 0.2) is 53.7 Å². The first-order chi connectivity index (χ1) is 13.3. The lowest BCUT2D eigenvalue weighted by molar-refractivity contribution is 0.174. The quantitative estimate of drug-likeness (QED) is 0.280. The number of fused-ring (bicyclic) bond motifs is 2. The molecule has 1 aromatic heterocycles. The van der Waals surface area contributed by atoms with Crippen molar-refractivity contribution in [2.24, 2.45) is 4.99 Å². The minimum absolute atomic E-state index is 0. The van der Waals surface area contributed by atoms with Gasteiger partial charge in [-0.3, -0.25) is 4.99 Å². The van der Waals surface area contributed by atoms with E-state index >= 15 is 0 Å². The Morgan fingerprint density at radius 2 is 1.82 bits per heavy atom. The summed E-state index contributed by atoms with van der Waals surface area (Å²) in [6.07, 6.45) is 3.91. The lowest BCUT2D eigenvalue weighted by atomic mass is 10.1. The lowest BCUT2D eigenvalue weighted by Crippen LogP contribution is -2.39. The summed E-state index contributed by atoms with van der Waals surface area (Å²) in [6, 6.07) is 14.4. The van der Waals surface area contributed by atoms with Crippen molar-refractivity contribution in [3.63, 3.8) is 0 Å². The number of nitrogens with zero attached hydrogens (tertiary/aromatic N) is 1. The van der Waals surface area contributed by atoms with Crippen LogP contribution in [-0.4, -0.2) is 37.9 Å². The Balaban J connectivity index is 0.00000225. The van der Waals surface area contributed by atoms with Gasteiger partial charge in [0.25, 0.3) is 0 Å². The summed E-state index contributed by atoms with van der Waals surface area (Å²) in [5.41, 5.74) is 3.70. The van der Waals surface area contributed by atoms with Crippen LogP contribution in [0.2, 0.25) is 0 Å². The minimum Gasteiger partial charge on any atom is -0.454 e. The molecule has 3 N–H and O–H groups in total. The molecule has 0 radical (unpaired) electrons. The monoisotopic (exact) mass is 492 g/mol. The number of H-pyrrole nitrogens is 1. The van der Waals surface area contributed by atoms with Crippen LogP contribution in [0.25, 0.3) is 10.9 Å². The van der Waals surface area contributed by atoms with Crippen molar-refractivity contribution in [2.45, 2.75) is 12.8 Å². The second-order valence-corrected chi connectivity index (χ2v) is 6.47. The van der Waals surface area contributed by atoms with E-state index in [4.69, 9.17) is 9.47 Å². The molecule has 0 amide bonds. The van der Waals surface area contributed by atoms with E-state index in [9.17, 15) is 0 Å². The molecular formula is C21H25IN4O2. The van der Waals surface area contributed by atoms with E-state index < -0.39 is 0 Å². The zero-order valence-electron chi connectivity index (χ0n) is 15.8. The largest absolute Gasteiger partial charge is 0.454 e. The molecule has 2 aromatic carbocycles. The number of hydrogen-bond donors (Lipinski definition) is 3. The molecule has 6 nitrogen and oxygen atoms in total. The molecule has 0 bridgehead atoms. The van der Waals surface area contributed by atoms with E-state index in [1.54, 1.807) is 7.05 Å². The number of para-hydroxylation sites is 1. The number of hydrogen-bond acceptors (Lipinski definition) is 3. The molecule has 0 saturated heterocycles. The molecule has 0 unspecified atom stereocenters. The number of guanidine groups is 1. The Kier molecular flexibility index (Phi) is 7.02. The highest BCUT2D eigenvalue weighted by molar-refractivity contribution is 14.0. The maximum Gasteiger partial charge on any atom is 0.231 e. The third kappa shape index (κ3) is 4.70. The van der Waals surface area contributed by atoms with Gasteiger partial charge in [-0.1, -0.05) is 24.3 Å².